The molecule has 0 spiro atoms. The molecule has 0 amide bonds. The molecule has 0 bridgehead atoms. The Bertz CT molecular complexity index is 998. The molecule has 0 aromatic heterocycles. The molecule has 2 aliphatic carbocycles. The summed E-state index contributed by atoms with van der Waals surface area (Å²) in [6.45, 7) is 11.5. The minimum absolute atomic E-state index is 0. The zero-order chi connectivity index (χ0) is 24.5. The van der Waals surface area contributed by atoms with Crippen molar-refractivity contribution in [1.29, 1.82) is 0 Å². The average Bonchev–Trinajstić information content (AvgIpc) is 2.82. The fourth-order valence-electron chi connectivity index (χ4n) is 6.94. The summed E-state index contributed by atoms with van der Waals surface area (Å²) < 4.78 is 16.6. The highest BCUT2D eigenvalue weighted by Crippen LogP contribution is 2.57. The maximum atomic E-state index is 5.54. The molecule has 3 atom stereocenters. The van der Waals surface area contributed by atoms with Gasteiger partial charge in [0.1, 0.15) is 0 Å². The van der Waals surface area contributed by atoms with Crippen molar-refractivity contribution in [3.63, 3.8) is 0 Å². The number of ether oxygens (including phenoxy) is 3. The van der Waals surface area contributed by atoms with Crippen LogP contribution in [0, 0.1) is 11.3 Å². The van der Waals surface area contributed by atoms with Gasteiger partial charge >= 0.3 is 0 Å². The summed E-state index contributed by atoms with van der Waals surface area (Å²) >= 11 is 0. The van der Waals surface area contributed by atoms with E-state index in [4.69, 9.17) is 14.2 Å². The van der Waals surface area contributed by atoms with Crippen molar-refractivity contribution in [1.82, 2.24) is 5.32 Å². The van der Waals surface area contributed by atoms with Crippen LogP contribution < -0.4 is 19.5 Å². The van der Waals surface area contributed by atoms with Gasteiger partial charge < -0.3 is 19.5 Å². The van der Waals surface area contributed by atoms with E-state index in [9.17, 15) is 0 Å². The predicted molar refractivity (Wildman–Crippen MR) is 147 cm³/mol. The molecule has 1 fully saturated rings. The molecule has 0 saturated heterocycles. The van der Waals surface area contributed by atoms with Crippen LogP contribution in [0.3, 0.4) is 0 Å². The number of benzene rings is 2. The van der Waals surface area contributed by atoms with E-state index in [1.165, 1.54) is 37.7 Å². The van der Waals surface area contributed by atoms with E-state index in [2.05, 4.69) is 51.2 Å². The summed E-state index contributed by atoms with van der Waals surface area (Å²) in [5, 5.41) is 3.80. The topological polar surface area (TPSA) is 39.7 Å². The fourth-order valence-corrected chi connectivity index (χ4v) is 6.94. The van der Waals surface area contributed by atoms with Gasteiger partial charge in [-0.2, -0.15) is 0 Å². The lowest BCUT2D eigenvalue weighted by Crippen LogP contribution is -2.52. The lowest BCUT2D eigenvalue weighted by molar-refractivity contribution is 0.0257. The summed E-state index contributed by atoms with van der Waals surface area (Å²) in [5.74, 6) is 3.34. The third-order valence-electron chi connectivity index (χ3n) is 8.75. The SMILES string of the molecule is COc1cc(CNCC2(C)CCCC3(C)c4ccc(C(C)C)cc4CCC23)cc(OC)c1OC.Cl. The van der Waals surface area contributed by atoms with E-state index in [1.807, 2.05) is 12.1 Å². The molecule has 0 aliphatic heterocycles. The van der Waals surface area contributed by atoms with Crippen LogP contribution in [0.25, 0.3) is 0 Å². The Kier molecular flexibility index (Phi) is 8.70. The Morgan fingerprint density at radius 3 is 2.26 bits per heavy atom. The molecular formula is C30H44ClNO3. The minimum atomic E-state index is 0. The van der Waals surface area contributed by atoms with Crippen molar-refractivity contribution < 1.29 is 14.2 Å². The highest BCUT2D eigenvalue weighted by atomic mass is 35.5. The Balaban J connectivity index is 0.00000342. The van der Waals surface area contributed by atoms with Crippen LogP contribution in [-0.4, -0.2) is 27.9 Å². The van der Waals surface area contributed by atoms with Gasteiger partial charge in [-0.25, -0.2) is 0 Å². The number of fused-ring (bicyclic) bond motifs is 3. The summed E-state index contributed by atoms with van der Waals surface area (Å²) in [6.07, 6.45) is 6.37. The van der Waals surface area contributed by atoms with Gasteiger partial charge in [0, 0.05) is 13.1 Å². The zero-order valence-corrected chi connectivity index (χ0v) is 23.4. The lowest BCUT2D eigenvalue weighted by atomic mass is 9.49. The van der Waals surface area contributed by atoms with Crippen molar-refractivity contribution >= 4 is 12.4 Å². The van der Waals surface area contributed by atoms with Gasteiger partial charge in [0.15, 0.2) is 11.5 Å². The summed E-state index contributed by atoms with van der Waals surface area (Å²) in [7, 11) is 4.98. The molecule has 5 heteroatoms. The molecular weight excluding hydrogens is 458 g/mol. The van der Waals surface area contributed by atoms with Crippen LogP contribution in [0.15, 0.2) is 30.3 Å². The third-order valence-corrected chi connectivity index (χ3v) is 8.75. The maximum absolute atomic E-state index is 5.54. The van der Waals surface area contributed by atoms with Gasteiger partial charge in [0.05, 0.1) is 21.3 Å². The Labute approximate surface area is 218 Å². The van der Waals surface area contributed by atoms with E-state index >= 15 is 0 Å². The van der Waals surface area contributed by atoms with Gasteiger partial charge in [-0.15, -0.1) is 12.4 Å². The first-order chi connectivity index (χ1) is 16.3. The van der Waals surface area contributed by atoms with Crippen molar-refractivity contribution in [2.45, 2.75) is 77.7 Å². The molecule has 0 radical (unpaired) electrons. The molecule has 4 rings (SSSR count). The molecule has 3 unspecified atom stereocenters. The summed E-state index contributed by atoms with van der Waals surface area (Å²) in [6, 6.07) is 11.4. The number of aryl methyl sites for hydroxylation is 1. The van der Waals surface area contributed by atoms with Crippen molar-refractivity contribution in [3.8, 4) is 17.2 Å². The largest absolute Gasteiger partial charge is 0.493 e. The number of hydrogen-bond acceptors (Lipinski definition) is 4. The van der Waals surface area contributed by atoms with Crippen LogP contribution in [-0.2, 0) is 18.4 Å². The van der Waals surface area contributed by atoms with Crippen LogP contribution >= 0.6 is 12.4 Å². The summed E-state index contributed by atoms with van der Waals surface area (Å²) in [5.41, 5.74) is 6.38. The normalized spacial score (nSPS) is 25.3. The van der Waals surface area contributed by atoms with Crippen LogP contribution in [0.5, 0.6) is 17.2 Å². The van der Waals surface area contributed by atoms with E-state index in [0.717, 1.165) is 18.7 Å². The predicted octanol–water partition coefficient (Wildman–Crippen LogP) is 7.06. The second-order valence-corrected chi connectivity index (χ2v) is 11.2. The van der Waals surface area contributed by atoms with E-state index < -0.39 is 0 Å². The van der Waals surface area contributed by atoms with E-state index in [0.29, 0.717) is 29.1 Å². The quantitative estimate of drug-likeness (QED) is 0.420. The third kappa shape index (κ3) is 5.15. The van der Waals surface area contributed by atoms with Gasteiger partial charge in [-0.3, -0.25) is 0 Å². The van der Waals surface area contributed by atoms with Gasteiger partial charge in [0.2, 0.25) is 5.75 Å². The smallest absolute Gasteiger partial charge is 0.203 e. The maximum Gasteiger partial charge on any atom is 0.203 e. The Morgan fingerprint density at radius 1 is 0.971 bits per heavy atom. The van der Waals surface area contributed by atoms with E-state index in [1.54, 1.807) is 32.5 Å². The Hall–Kier alpha value is -1.91. The molecule has 1 N–H and O–H groups in total. The molecule has 2 aromatic rings. The van der Waals surface area contributed by atoms with Crippen LogP contribution in [0.1, 0.15) is 81.5 Å². The fraction of sp³-hybridized carbons (Fsp3) is 0.600. The van der Waals surface area contributed by atoms with Crippen LogP contribution in [0.4, 0.5) is 0 Å². The molecule has 0 heterocycles. The molecule has 1 saturated carbocycles. The molecule has 194 valence electrons. The first-order valence-corrected chi connectivity index (χ1v) is 12.9. The van der Waals surface area contributed by atoms with Gasteiger partial charge in [0.25, 0.3) is 0 Å². The van der Waals surface area contributed by atoms with Gasteiger partial charge in [-0.1, -0.05) is 52.3 Å². The second-order valence-electron chi connectivity index (χ2n) is 11.2. The number of rotatable bonds is 8. The highest BCUT2D eigenvalue weighted by Gasteiger charge is 2.51. The Morgan fingerprint density at radius 2 is 1.66 bits per heavy atom. The second kappa shape index (κ2) is 11.0. The van der Waals surface area contributed by atoms with Crippen molar-refractivity contribution in [2.75, 3.05) is 27.9 Å². The van der Waals surface area contributed by atoms with Gasteiger partial charge in [-0.05, 0) is 82.7 Å². The average molecular weight is 502 g/mol. The van der Waals surface area contributed by atoms with E-state index in [-0.39, 0.29) is 23.2 Å². The highest BCUT2D eigenvalue weighted by molar-refractivity contribution is 5.85. The summed E-state index contributed by atoms with van der Waals surface area (Å²) in [4.78, 5) is 0. The number of nitrogens with one attached hydrogen (secondary N) is 1. The molecule has 2 aromatic carbocycles. The standard InChI is InChI=1S/C30H43NO3.ClH/c1-20(2)22-9-11-24-23(17-22)10-12-27-29(3,13-8-14-30(24,27)4)19-31-18-21-15-25(32-5)28(34-7)26(16-21)33-6;/h9,11,15-17,20,27,31H,8,10,12-14,18-19H2,1-7H3;1H. The lowest BCUT2D eigenvalue weighted by Gasteiger charge is -2.55. The number of hydrogen-bond donors (Lipinski definition) is 1. The van der Waals surface area contributed by atoms with Crippen molar-refractivity contribution in [2.24, 2.45) is 11.3 Å². The van der Waals surface area contributed by atoms with Crippen molar-refractivity contribution in [3.05, 3.63) is 52.6 Å². The minimum Gasteiger partial charge on any atom is -0.493 e. The number of methoxy groups -OCH3 is 3. The first-order valence-electron chi connectivity index (χ1n) is 12.9. The molecule has 35 heavy (non-hydrogen) atoms. The van der Waals surface area contributed by atoms with Crippen LogP contribution in [0.2, 0.25) is 0 Å². The first kappa shape index (κ1) is 27.7. The molecule has 2 aliphatic rings. The zero-order valence-electron chi connectivity index (χ0n) is 22.6. The monoisotopic (exact) mass is 501 g/mol. The molecule has 4 nitrogen and oxygen atoms in total. The number of halogens is 1.